The van der Waals surface area contributed by atoms with E-state index < -0.39 is 33.1 Å². The fourth-order valence-corrected chi connectivity index (χ4v) is 4.15. The molecule has 0 aromatic heterocycles. The van der Waals surface area contributed by atoms with Crippen molar-refractivity contribution in [1.82, 2.24) is 0 Å². The summed E-state index contributed by atoms with van der Waals surface area (Å²) in [5.74, 6) is 0. The minimum atomic E-state index is -3.84. The number of nitrogens with zero attached hydrogens (tertiary/aromatic N) is 1. The third-order valence-electron chi connectivity index (χ3n) is 3.27. The van der Waals surface area contributed by atoms with Crippen molar-refractivity contribution in [3.05, 3.63) is 0 Å². The molecule has 3 fully saturated rings. The van der Waals surface area contributed by atoms with Crippen molar-refractivity contribution in [3.63, 3.8) is 0 Å². The van der Waals surface area contributed by atoms with E-state index in [0.29, 0.717) is 0 Å². The summed E-state index contributed by atoms with van der Waals surface area (Å²) >= 11 is 0. The minimum Gasteiger partial charge on any atom is -0.367 e. The number of rotatable bonds is 0. The fraction of sp³-hybridized carbons (Fsp3) is 0.857. The Morgan fingerprint density at radius 1 is 1.57 bits per heavy atom. The lowest BCUT2D eigenvalue weighted by Crippen LogP contribution is -2.49. The molecule has 3 aliphatic rings. The second kappa shape index (κ2) is 2.12. The molecule has 3 saturated heterocycles. The Bertz CT molecular complexity index is 441. The van der Waals surface area contributed by atoms with Crippen molar-refractivity contribution >= 4 is 10.1 Å². The van der Waals surface area contributed by atoms with Gasteiger partial charge in [0, 0.05) is 6.42 Å². The Morgan fingerprint density at radius 3 is 2.86 bits per heavy atom. The molecule has 3 aliphatic heterocycles. The van der Waals surface area contributed by atoms with Crippen LogP contribution in [0.5, 0.6) is 0 Å². The van der Waals surface area contributed by atoms with Gasteiger partial charge in [0.15, 0.2) is 0 Å². The molecular formula is C7H8N2O4S. The van der Waals surface area contributed by atoms with Crippen LogP contribution < -0.4 is 5.73 Å². The van der Waals surface area contributed by atoms with E-state index in [9.17, 15) is 8.42 Å². The fourth-order valence-electron chi connectivity index (χ4n) is 2.50. The summed E-state index contributed by atoms with van der Waals surface area (Å²) in [4.78, 5) is 0. The van der Waals surface area contributed by atoms with E-state index in [1.165, 1.54) is 0 Å². The molecule has 6 nitrogen and oxygen atoms in total. The third-order valence-corrected chi connectivity index (χ3v) is 5.12. The number of fused-ring (bicyclic) bond motifs is 1. The lowest BCUT2D eigenvalue weighted by atomic mass is 9.84. The molecule has 3 heterocycles. The smallest absolute Gasteiger partial charge is 0.290 e. The highest BCUT2D eigenvalue weighted by Crippen LogP contribution is 2.52. The van der Waals surface area contributed by atoms with Crippen LogP contribution in [-0.2, 0) is 19.0 Å². The van der Waals surface area contributed by atoms with Crippen LogP contribution in [0.4, 0.5) is 0 Å². The van der Waals surface area contributed by atoms with Gasteiger partial charge in [-0.05, 0) is 0 Å². The van der Waals surface area contributed by atoms with E-state index in [1.807, 2.05) is 6.07 Å². The summed E-state index contributed by atoms with van der Waals surface area (Å²) in [5, 5.41) is 8.96. The summed E-state index contributed by atoms with van der Waals surface area (Å²) < 4.78 is 31.9. The predicted octanol–water partition coefficient (Wildman–Crippen LogP) is -1.52. The normalized spacial score (nSPS) is 57.4. The number of hydrogen-bond donors (Lipinski definition) is 1. The van der Waals surface area contributed by atoms with Crippen LogP contribution in [0.2, 0.25) is 0 Å². The van der Waals surface area contributed by atoms with Gasteiger partial charge in [-0.2, -0.15) is 13.7 Å². The molecule has 3 rings (SSSR count). The van der Waals surface area contributed by atoms with Gasteiger partial charge in [0.1, 0.15) is 12.2 Å². The standard InChI is InChI=1S/C7H8N2O4S/c8-2-7-1-3-4(9)5(6(7)12-3)13-14(7,10)11/h3-6H,1,9H2. The zero-order valence-electron chi connectivity index (χ0n) is 7.08. The summed E-state index contributed by atoms with van der Waals surface area (Å²) in [6.45, 7) is 0. The van der Waals surface area contributed by atoms with E-state index >= 15 is 0 Å². The van der Waals surface area contributed by atoms with Crippen molar-refractivity contribution in [2.75, 3.05) is 0 Å². The molecule has 0 amide bonds. The first-order valence-electron chi connectivity index (χ1n) is 4.27. The van der Waals surface area contributed by atoms with Gasteiger partial charge in [0.25, 0.3) is 10.1 Å². The SMILES string of the molecule is N#CC12CC3OC1C(OS2(=O)=O)C3N. The van der Waals surface area contributed by atoms with Gasteiger partial charge < -0.3 is 10.5 Å². The highest BCUT2D eigenvalue weighted by molar-refractivity contribution is 7.88. The number of ether oxygens (including phenoxy) is 1. The summed E-state index contributed by atoms with van der Waals surface area (Å²) in [6, 6.07) is 1.39. The third kappa shape index (κ3) is 0.642. The van der Waals surface area contributed by atoms with Crippen molar-refractivity contribution < 1.29 is 17.3 Å². The Kier molecular flexibility index (Phi) is 1.30. The zero-order chi connectivity index (χ0) is 10.1. The topological polar surface area (TPSA) is 102 Å². The molecule has 2 bridgehead atoms. The first-order chi connectivity index (χ1) is 6.52. The summed E-state index contributed by atoms with van der Waals surface area (Å²) in [5.41, 5.74) is 5.71. The molecule has 5 atom stereocenters. The van der Waals surface area contributed by atoms with Crippen LogP contribution in [-0.4, -0.2) is 37.5 Å². The molecular weight excluding hydrogens is 208 g/mol. The van der Waals surface area contributed by atoms with E-state index in [-0.39, 0.29) is 12.5 Å². The van der Waals surface area contributed by atoms with Crippen molar-refractivity contribution in [2.45, 2.75) is 35.5 Å². The molecule has 76 valence electrons. The predicted molar refractivity (Wildman–Crippen MR) is 43.4 cm³/mol. The molecule has 2 N–H and O–H groups in total. The van der Waals surface area contributed by atoms with Crippen LogP contribution in [0.25, 0.3) is 0 Å². The molecule has 14 heavy (non-hydrogen) atoms. The van der Waals surface area contributed by atoms with Crippen LogP contribution in [0.15, 0.2) is 0 Å². The maximum Gasteiger partial charge on any atom is 0.290 e. The highest BCUT2D eigenvalue weighted by atomic mass is 32.2. The molecule has 0 aromatic rings. The molecule has 5 unspecified atom stereocenters. The van der Waals surface area contributed by atoms with Gasteiger partial charge in [0.2, 0.25) is 4.75 Å². The molecule has 0 saturated carbocycles. The van der Waals surface area contributed by atoms with Crippen molar-refractivity contribution in [2.24, 2.45) is 5.73 Å². The summed E-state index contributed by atoms with van der Waals surface area (Å²) in [6.07, 6.45) is -1.59. The lowest BCUT2D eigenvalue weighted by Gasteiger charge is -2.20. The lowest BCUT2D eigenvalue weighted by molar-refractivity contribution is 0.0791. The molecule has 0 radical (unpaired) electrons. The quantitative estimate of drug-likeness (QED) is 0.493. The zero-order valence-corrected chi connectivity index (χ0v) is 7.90. The second-order valence-electron chi connectivity index (χ2n) is 3.89. The maximum absolute atomic E-state index is 11.6. The summed E-state index contributed by atoms with van der Waals surface area (Å²) in [7, 11) is -3.84. The van der Waals surface area contributed by atoms with Gasteiger partial charge in [-0.15, -0.1) is 0 Å². The minimum absolute atomic E-state index is 0.133. The molecule has 0 spiro atoms. The monoisotopic (exact) mass is 216 g/mol. The Morgan fingerprint density at radius 2 is 2.29 bits per heavy atom. The van der Waals surface area contributed by atoms with Gasteiger partial charge in [-0.3, -0.25) is 4.18 Å². The molecule has 0 aromatic carbocycles. The van der Waals surface area contributed by atoms with E-state index in [2.05, 4.69) is 0 Å². The Balaban J connectivity index is 2.22. The van der Waals surface area contributed by atoms with Gasteiger partial charge in [0.05, 0.1) is 18.2 Å². The largest absolute Gasteiger partial charge is 0.367 e. The first kappa shape index (κ1) is 8.61. The van der Waals surface area contributed by atoms with Crippen LogP contribution in [0.3, 0.4) is 0 Å². The van der Waals surface area contributed by atoms with Crippen molar-refractivity contribution in [1.29, 1.82) is 5.26 Å². The van der Waals surface area contributed by atoms with Gasteiger partial charge >= 0.3 is 0 Å². The van der Waals surface area contributed by atoms with Crippen LogP contribution in [0, 0.1) is 11.3 Å². The number of nitriles is 1. The van der Waals surface area contributed by atoms with Crippen molar-refractivity contribution in [3.8, 4) is 6.07 Å². The molecule has 0 aliphatic carbocycles. The number of hydrogen-bond acceptors (Lipinski definition) is 6. The first-order valence-corrected chi connectivity index (χ1v) is 5.68. The molecule has 7 heteroatoms. The van der Waals surface area contributed by atoms with E-state index in [1.54, 1.807) is 0 Å². The average molecular weight is 216 g/mol. The Hall–Kier alpha value is -0.680. The van der Waals surface area contributed by atoms with Gasteiger partial charge in [-0.1, -0.05) is 0 Å². The highest BCUT2D eigenvalue weighted by Gasteiger charge is 2.74. The average Bonchev–Trinajstić information content (AvgIpc) is 2.67. The van der Waals surface area contributed by atoms with Crippen LogP contribution >= 0.6 is 0 Å². The maximum atomic E-state index is 11.6. The van der Waals surface area contributed by atoms with E-state index in [0.717, 1.165) is 0 Å². The Labute approximate surface area is 80.7 Å². The number of nitrogens with two attached hydrogens (primary N) is 1. The second-order valence-corrected chi connectivity index (χ2v) is 5.72. The van der Waals surface area contributed by atoms with Gasteiger partial charge in [-0.25, -0.2) is 0 Å². The van der Waals surface area contributed by atoms with E-state index in [4.69, 9.17) is 19.9 Å². The van der Waals surface area contributed by atoms with Crippen LogP contribution in [0.1, 0.15) is 6.42 Å².